The van der Waals surface area contributed by atoms with Gasteiger partial charge in [0.25, 0.3) is 0 Å². The Kier molecular flexibility index (Phi) is 3.42. The van der Waals surface area contributed by atoms with Crippen molar-refractivity contribution in [3.8, 4) is 17.3 Å². The zero-order chi connectivity index (χ0) is 17.5. The number of hydrogen-bond donors (Lipinski definition) is 0. The Hall–Kier alpha value is -3.26. The van der Waals surface area contributed by atoms with E-state index in [-0.39, 0.29) is 0 Å². The molecule has 0 spiro atoms. The van der Waals surface area contributed by atoms with E-state index in [0.29, 0.717) is 12.4 Å². The molecule has 7 nitrogen and oxygen atoms in total. The average molecular weight is 362 g/mol. The quantitative estimate of drug-likeness (QED) is 0.490. The maximum Gasteiger partial charge on any atom is 0.235 e. The molecule has 0 atom stereocenters. The SMILES string of the molecule is Cc1nc2ccccn2c1-c1nnc2sc(COc3ccccc3)nn12. The van der Waals surface area contributed by atoms with Crippen molar-refractivity contribution in [2.75, 3.05) is 0 Å². The van der Waals surface area contributed by atoms with Crippen LogP contribution in [0.25, 0.3) is 22.1 Å². The Morgan fingerprint density at radius 3 is 2.77 bits per heavy atom. The predicted molar refractivity (Wildman–Crippen MR) is 98.4 cm³/mol. The molecule has 0 N–H and O–H groups in total. The van der Waals surface area contributed by atoms with Crippen molar-refractivity contribution >= 4 is 21.9 Å². The molecular formula is C18H14N6OS. The number of nitrogens with zero attached hydrogens (tertiary/aromatic N) is 6. The van der Waals surface area contributed by atoms with E-state index in [1.165, 1.54) is 11.3 Å². The molecule has 0 saturated heterocycles. The number of aromatic nitrogens is 6. The standard InChI is InChI=1S/C18H14N6OS/c1-12-16(23-10-6-5-9-14(23)19-12)17-20-21-18-24(17)22-15(26-18)11-25-13-7-3-2-4-8-13/h2-10H,11H2,1H3. The highest BCUT2D eigenvalue weighted by molar-refractivity contribution is 7.16. The number of rotatable bonds is 4. The number of fused-ring (bicyclic) bond motifs is 2. The van der Waals surface area contributed by atoms with Crippen LogP contribution in [0.4, 0.5) is 0 Å². The van der Waals surface area contributed by atoms with Crippen LogP contribution in [0.2, 0.25) is 0 Å². The topological polar surface area (TPSA) is 69.6 Å². The summed E-state index contributed by atoms with van der Waals surface area (Å²) in [7, 11) is 0. The number of pyridine rings is 1. The van der Waals surface area contributed by atoms with Gasteiger partial charge in [-0.3, -0.25) is 4.40 Å². The monoisotopic (exact) mass is 362 g/mol. The van der Waals surface area contributed by atoms with Crippen LogP contribution < -0.4 is 4.74 Å². The smallest absolute Gasteiger partial charge is 0.235 e. The summed E-state index contributed by atoms with van der Waals surface area (Å²) < 4.78 is 9.55. The highest BCUT2D eigenvalue weighted by Crippen LogP contribution is 2.26. The molecule has 0 aliphatic heterocycles. The first-order chi connectivity index (χ1) is 12.8. The molecule has 1 aromatic carbocycles. The first kappa shape index (κ1) is 15.0. The summed E-state index contributed by atoms with van der Waals surface area (Å²) in [5, 5.41) is 14.1. The predicted octanol–water partition coefficient (Wildman–Crippen LogP) is 3.39. The molecule has 5 rings (SSSR count). The summed E-state index contributed by atoms with van der Waals surface area (Å²) in [5.41, 5.74) is 2.66. The first-order valence-corrected chi connectivity index (χ1v) is 8.94. The van der Waals surface area contributed by atoms with E-state index in [0.717, 1.165) is 32.8 Å². The number of ether oxygens (including phenoxy) is 1. The second kappa shape index (κ2) is 5.92. The molecule has 0 aliphatic rings. The Morgan fingerprint density at radius 2 is 1.88 bits per heavy atom. The number of aryl methyl sites for hydroxylation is 1. The van der Waals surface area contributed by atoms with Crippen molar-refractivity contribution < 1.29 is 4.74 Å². The lowest BCUT2D eigenvalue weighted by atomic mass is 10.3. The second-order valence-corrected chi connectivity index (χ2v) is 6.83. The highest BCUT2D eigenvalue weighted by atomic mass is 32.1. The van der Waals surface area contributed by atoms with E-state index in [1.54, 1.807) is 4.52 Å². The number of benzene rings is 1. The Labute approximate surface area is 152 Å². The van der Waals surface area contributed by atoms with Crippen LogP contribution in [0.1, 0.15) is 10.7 Å². The maximum absolute atomic E-state index is 5.78. The summed E-state index contributed by atoms with van der Waals surface area (Å²) in [5.74, 6) is 1.50. The lowest BCUT2D eigenvalue weighted by Gasteiger charge is -2.02. The summed E-state index contributed by atoms with van der Waals surface area (Å²) in [6.07, 6.45) is 1.97. The minimum atomic E-state index is 0.392. The molecule has 4 heterocycles. The number of imidazole rings is 1. The fourth-order valence-corrected chi connectivity index (χ4v) is 3.65. The van der Waals surface area contributed by atoms with E-state index in [2.05, 4.69) is 20.3 Å². The molecule has 0 bridgehead atoms. The first-order valence-electron chi connectivity index (χ1n) is 8.12. The van der Waals surface area contributed by atoms with E-state index >= 15 is 0 Å². The molecule has 26 heavy (non-hydrogen) atoms. The fraction of sp³-hybridized carbons (Fsp3) is 0.111. The Balaban J connectivity index is 1.53. The number of para-hydroxylation sites is 1. The zero-order valence-electron chi connectivity index (χ0n) is 13.9. The molecule has 128 valence electrons. The molecule has 4 aromatic heterocycles. The molecule has 0 saturated carbocycles. The van der Waals surface area contributed by atoms with E-state index in [1.807, 2.05) is 66.1 Å². The molecule has 0 amide bonds. The van der Waals surface area contributed by atoms with Crippen LogP contribution in [-0.2, 0) is 6.61 Å². The minimum Gasteiger partial charge on any atom is -0.486 e. The van der Waals surface area contributed by atoms with E-state index in [9.17, 15) is 0 Å². The van der Waals surface area contributed by atoms with Gasteiger partial charge in [-0.2, -0.15) is 9.61 Å². The lowest BCUT2D eigenvalue weighted by Crippen LogP contribution is -1.99. The van der Waals surface area contributed by atoms with Crippen molar-refractivity contribution in [2.45, 2.75) is 13.5 Å². The zero-order valence-corrected chi connectivity index (χ0v) is 14.7. The molecule has 0 fully saturated rings. The minimum absolute atomic E-state index is 0.392. The fourth-order valence-electron chi connectivity index (χ4n) is 2.91. The van der Waals surface area contributed by atoms with Gasteiger partial charge in [0.1, 0.15) is 23.7 Å². The Morgan fingerprint density at radius 1 is 1.04 bits per heavy atom. The third-order valence-corrected chi connectivity index (χ3v) is 4.93. The van der Waals surface area contributed by atoms with Gasteiger partial charge in [0.2, 0.25) is 10.8 Å². The van der Waals surface area contributed by atoms with Crippen LogP contribution in [-0.4, -0.2) is 29.2 Å². The lowest BCUT2D eigenvalue weighted by molar-refractivity contribution is 0.304. The summed E-state index contributed by atoms with van der Waals surface area (Å²) in [6, 6.07) is 15.6. The average Bonchev–Trinajstić information content (AvgIpc) is 3.32. The van der Waals surface area contributed by atoms with Crippen LogP contribution >= 0.6 is 11.3 Å². The summed E-state index contributed by atoms with van der Waals surface area (Å²) >= 11 is 1.47. The van der Waals surface area contributed by atoms with E-state index < -0.39 is 0 Å². The molecule has 0 unspecified atom stereocenters. The van der Waals surface area contributed by atoms with Gasteiger partial charge in [-0.15, -0.1) is 10.2 Å². The van der Waals surface area contributed by atoms with Crippen molar-refractivity contribution in [1.82, 2.24) is 29.2 Å². The molecule has 0 aliphatic carbocycles. The maximum atomic E-state index is 5.78. The molecule has 0 radical (unpaired) electrons. The van der Waals surface area contributed by atoms with Crippen LogP contribution in [0.5, 0.6) is 5.75 Å². The second-order valence-electron chi connectivity index (χ2n) is 5.79. The molecule has 8 heteroatoms. The molecule has 5 aromatic rings. The van der Waals surface area contributed by atoms with Crippen LogP contribution in [0.15, 0.2) is 54.7 Å². The van der Waals surface area contributed by atoms with Crippen LogP contribution in [0, 0.1) is 6.92 Å². The van der Waals surface area contributed by atoms with Gasteiger partial charge in [0, 0.05) is 6.20 Å². The van der Waals surface area contributed by atoms with Gasteiger partial charge in [-0.1, -0.05) is 35.6 Å². The third-order valence-electron chi connectivity index (χ3n) is 4.05. The van der Waals surface area contributed by atoms with Crippen molar-refractivity contribution in [3.05, 3.63) is 65.4 Å². The van der Waals surface area contributed by atoms with Crippen molar-refractivity contribution in [3.63, 3.8) is 0 Å². The van der Waals surface area contributed by atoms with Gasteiger partial charge in [0.15, 0.2) is 5.01 Å². The third kappa shape index (κ3) is 2.42. The summed E-state index contributed by atoms with van der Waals surface area (Å²) in [6.45, 7) is 2.36. The van der Waals surface area contributed by atoms with Gasteiger partial charge < -0.3 is 4.74 Å². The van der Waals surface area contributed by atoms with Crippen molar-refractivity contribution in [1.29, 1.82) is 0 Å². The van der Waals surface area contributed by atoms with Gasteiger partial charge >= 0.3 is 0 Å². The largest absolute Gasteiger partial charge is 0.486 e. The summed E-state index contributed by atoms with van der Waals surface area (Å²) in [4.78, 5) is 5.32. The molecular weight excluding hydrogens is 348 g/mol. The van der Waals surface area contributed by atoms with Crippen LogP contribution in [0.3, 0.4) is 0 Å². The Bertz CT molecular complexity index is 1210. The van der Waals surface area contributed by atoms with Gasteiger partial charge in [-0.25, -0.2) is 4.98 Å². The highest BCUT2D eigenvalue weighted by Gasteiger charge is 2.19. The number of hydrogen-bond acceptors (Lipinski definition) is 6. The van der Waals surface area contributed by atoms with E-state index in [4.69, 9.17) is 4.74 Å². The van der Waals surface area contributed by atoms with Gasteiger partial charge in [-0.05, 0) is 31.2 Å². The van der Waals surface area contributed by atoms with Crippen molar-refractivity contribution in [2.24, 2.45) is 0 Å². The normalized spacial score (nSPS) is 11.4. The van der Waals surface area contributed by atoms with Gasteiger partial charge in [0.05, 0.1) is 5.69 Å².